The quantitative estimate of drug-likeness (QED) is 0.154. The standard InChI is InChI=1S/C52H36N2O4/c1-55-46-19-11-9-17-44(46)53(37-13-5-3-6-14-37)39-23-21-33-29-42-41-25-26-48-51(52(41)58-49(42)31-35(33)27-39)43-30-34-22-24-40(28-36(34)32-50(43)57-48)54(38-15-7-4-8-16-38)45-18-10-12-20-47(45)56-2/h3-32H,1-2H3. The molecule has 0 aliphatic rings. The van der Waals surface area contributed by atoms with Gasteiger partial charge >= 0.3 is 0 Å². The van der Waals surface area contributed by atoms with Gasteiger partial charge in [-0.1, -0.05) is 72.8 Å². The fourth-order valence-electron chi connectivity index (χ4n) is 8.47. The molecule has 0 aliphatic heterocycles. The molecule has 11 aromatic rings. The van der Waals surface area contributed by atoms with Crippen LogP contribution in [0.2, 0.25) is 0 Å². The van der Waals surface area contributed by atoms with Crippen LogP contribution in [0.5, 0.6) is 11.5 Å². The normalized spacial score (nSPS) is 11.6. The van der Waals surface area contributed by atoms with Crippen molar-refractivity contribution in [1.82, 2.24) is 0 Å². The first-order valence-electron chi connectivity index (χ1n) is 19.3. The van der Waals surface area contributed by atoms with E-state index in [1.807, 2.05) is 48.5 Å². The molecular formula is C52H36N2O4. The van der Waals surface area contributed by atoms with Crippen molar-refractivity contribution in [1.29, 1.82) is 0 Å². The number of methoxy groups -OCH3 is 2. The Morgan fingerprint density at radius 2 is 0.862 bits per heavy atom. The van der Waals surface area contributed by atoms with E-state index in [4.69, 9.17) is 18.3 Å². The first-order valence-corrected chi connectivity index (χ1v) is 19.3. The third kappa shape index (κ3) is 5.41. The van der Waals surface area contributed by atoms with Crippen LogP contribution in [0.4, 0.5) is 34.1 Å². The summed E-state index contributed by atoms with van der Waals surface area (Å²) in [4.78, 5) is 4.46. The summed E-state index contributed by atoms with van der Waals surface area (Å²) in [7, 11) is 3.42. The van der Waals surface area contributed by atoms with E-state index < -0.39 is 0 Å². The summed E-state index contributed by atoms with van der Waals surface area (Å²) < 4.78 is 25.0. The SMILES string of the molecule is COc1ccccc1N(c1ccccc1)c1ccc2cc3c(cc2c1)oc1c3ccc2oc3cc4cc(N(c5ccccc5)c5ccccc5OC)ccc4cc3c21. The summed E-state index contributed by atoms with van der Waals surface area (Å²) in [6.07, 6.45) is 0. The molecule has 2 heterocycles. The van der Waals surface area contributed by atoms with Gasteiger partial charge in [-0.3, -0.25) is 0 Å². The van der Waals surface area contributed by atoms with Crippen molar-refractivity contribution in [3.05, 3.63) is 182 Å². The molecule has 11 rings (SSSR count). The van der Waals surface area contributed by atoms with Crippen molar-refractivity contribution in [2.75, 3.05) is 24.0 Å². The zero-order valence-corrected chi connectivity index (χ0v) is 31.8. The average molecular weight is 753 g/mol. The number of nitrogens with zero attached hydrogens (tertiary/aromatic N) is 2. The molecule has 0 amide bonds. The molecule has 0 unspecified atom stereocenters. The smallest absolute Gasteiger partial charge is 0.147 e. The summed E-state index contributed by atoms with van der Waals surface area (Å²) >= 11 is 0. The van der Waals surface area contributed by atoms with Gasteiger partial charge < -0.3 is 28.1 Å². The van der Waals surface area contributed by atoms with E-state index in [2.05, 4.69) is 143 Å². The van der Waals surface area contributed by atoms with Gasteiger partial charge in [0.2, 0.25) is 0 Å². The van der Waals surface area contributed by atoms with Gasteiger partial charge in [0.05, 0.1) is 31.0 Å². The Morgan fingerprint density at radius 1 is 0.362 bits per heavy atom. The number of benzene rings is 9. The van der Waals surface area contributed by atoms with Crippen LogP contribution >= 0.6 is 0 Å². The number of furan rings is 2. The molecule has 0 fully saturated rings. The molecule has 0 bridgehead atoms. The van der Waals surface area contributed by atoms with Crippen LogP contribution in [0.1, 0.15) is 0 Å². The second-order valence-electron chi connectivity index (χ2n) is 14.5. The average Bonchev–Trinajstić information content (AvgIpc) is 3.83. The lowest BCUT2D eigenvalue weighted by molar-refractivity contribution is 0.416. The summed E-state index contributed by atoms with van der Waals surface area (Å²) in [5.41, 5.74) is 9.29. The fourth-order valence-corrected chi connectivity index (χ4v) is 8.47. The van der Waals surface area contributed by atoms with E-state index in [0.29, 0.717) is 0 Å². The van der Waals surface area contributed by atoms with Gasteiger partial charge in [0, 0.05) is 38.9 Å². The molecule has 6 heteroatoms. The molecular weight excluding hydrogens is 717 g/mol. The van der Waals surface area contributed by atoms with Gasteiger partial charge in [-0.25, -0.2) is 0 Å². The number of hydrogen-bond donors (Lipinski definition) is 0. The monoisotopic (exact) mass is 752 g/mol. The second kappa shape index (κ2) is 13.5. The Morgan fingerprint density at radius 3 is 1.41 bits per heavy atom. The van der Waals surface area contributed by atoms with Crippen molar-refractivity contribution in [3.63, 3.8) is 0 Å². The van der Waals surface area contributed by atoms with Crippen molar-refractivity contribution < 1.29 is 18.3 Å². The summed E-state index contributed by atoms with van der Waals surface area (Å²) in [5, 5.41) is 8.51. The topological polar surface area (TPSA) is 51.2 Å². The molecule has 0 saturated heterocycles. The predicted octanol–water partition coefficient (Wildman–Crippen LogP) is 14.7. The maximum absolute atomic E-state index is 6.82. The molecule has 6 nitrogen and oxygen atoms in total. The molecule has 0 spiro atoms. The van der Waals surface area contributed by atoms with E-state index in [1.165, 1.54) is 0 Å². The van der Waals surface area contributed by atoms with Crippen LogP contribution in [-0.4, -0.2) is 14.2 Å². The number of anilines is 6. The highest BCUT2D eigenvalue weighted by molar-refractivity contribution is 6.24. The minimum Gasteiger partial charge on any atom is -0.495 e. The lowest BCUT2D eigenvalue weighted by Gasteiger charge is -2.27. The molecule has 278 valence electrons. The summed E-state index contributed by atoms with van der Waals surface area (Å²) in [5.74, 6) is 1.59. The molecule has 0 radical (unpaired) electrons. The Hall–Kier alpha value is -7.70. The van der Waals surface area contributed by atoms with Crippen molar-refractivity contribution >= 4 is 99.5 Å². The Labute approximate surface area is 334 Å². The predicted molar refractivity (Wildman–Crippen MR) is 238 cm³/mol. The van der Waals surface area contributed by atoms with Gasteiger partial charge in [0.1, 0.15) is 33.8 Å². The maximum Gasteiger partial charge on any atom is 0.147 e. The van der Waals surface area contributed by atoms with E-state index in [0.717, 1.165) is 111 Å². The molecule has 0 aliphatic carbocycles. The van der Waals surface area contributed by atoms with Crippen molar-refractivity contribution in [2.24, 2.45) is 0 Å². The minimum absolute atomic E-state index is 0.791. The van der Waals surface area contributed by atoms with Crippen LogP contribution in [0, 0.1) is 0 Å². The number of rotatable bonds is 8. The first kappa shape index (κ1) is 33.6. The number of ether oxygens (including phenoxy) is 2. The van der Waals surface area contributed by atoms with Crippen LogP contribution in [0.15, 0.2) is 191 Å². The van der Waals surface area contributed by atoms with Gasteiger partial charge in [-0.15, -0.1) is 0 Å². The Bertz CT molecular complexity index is 3330. The lowest BCUT2D eigenvalue weighted by atomic mass is 10.0. The maximum atomic E-state index is 6.82. The van der Waals surface area contributed by atoms with Gasteiger partial charge in [-0.05, 0) is 131 Å². The fraction of sp³-hybridized carbons (Fsp3) is 0.0385. The van der Waals surface area contributed by atoms with Crippen LogP contribution < -0.4 is 19.3 Å². The van der Waals surface area contributed by atoms with E-state index >= 15 is 0 Å². The van der Waals surface area contributed by atoms with Crippen molar-refractivity contribution in [2.45, 2.75) is 0 Å². The highest BCUT2D eigenvalue weighted by atomic mass is 16.5. The molecule has 0 N–H and O–H groups in total. The number of para-hydroxylation sites is 6. The van der Waals surface area contributed by atoms with Gasteiger partial charge in [-0.2, -0.15) is 0 Å². The molecule has 58 heavy (non-hydrogen) atoms. The van der Waals surface area contributed by atoms with Crippen LogP contribution in [0.25, 0.3) is 65.4 Å². The first-order chi connectivity index (χ1) is 28.6. The zero-order valence-electron chi connectivity index (χ0n) is 31.8. The molecule has 2 aromatic heterocycles. The highest BCUT2D eigenvalue weighted by Crippen LogP contribution is 2.45. The van der Waals surface area contributed by atoms with Crippen molar-refractivity contribution in [3.8, 4) is 11.5 Å². The Balaban J connectivity index is 1.04. The zero-order chi connectivity index (χ0) is 38.7. The van der Waals surface area contributed by atoms with E-state index in [1.54, 1.807) is 14.2 Å². The van der Waals surface area contributed by atoms with Gasteiger partial charge in [0.15, 0.2) is 0 Å². The third-order valence-electron chi connectivity index (χ3n) is 11.2. The van der Waals surface area contributed by atoms with E-state index in [-0.39, 0.29) is 0 Å². The van der Waals surface area contributed by atoms with Gasteiger partial charge in [0.25, 0.3) is 0 Å². The second-order valence-corrected chi connectivity index (χ2v) is 14.5. The third-order valence-corrected chi connectivity index (χ3v) is 11.2. The summed E-state index contributed by atoms with van der Waals surface area (Å²) in [6, 6.07) is 63.0. The Kier molecular flexibility index (Phi) is 7.83. The largest absolute Gasteiger partial charge is 0.495 e. The van der Waals surface area contributed by atoms with Crippen LogP contribution in [-0.2, 0) is 0 Å². The highest BCUT2D eigenvalue weighted by Gasteiger charge is 2.21. The number of hydrogen-bond acceptors (Lipinski definition) is 6. The summed E-state index contributed by atoms with van der Waals surface area (Å²) in [6.45, 7) is 0. The molecule has 0 saturated carbocycles. The molecule has 0 atom stereocenters. The van der Waals surface area contributed by atoms with E-state index in [9.17, 15) is 0 Å². The lowest BCUT2D eigenvalue weighted by Crippen LogP contribution is -2.11. The number of fused-ring (bicyclic) bond motifs is 9. The minimum atomic E-state index is 0.791. The van der Waals surface area contributed by atoms with Crippen LogP contribution in [0.3, 0.4) is 0 Å². The molecule has 9 aromatic carbocycles.